The Morgan fingerprint density at radius 1 is 1.27 bits per heavy atom. The number of aromatic nitrogens is 2. The van der Waals surface area contributed by atoms with Crippen molar-refractivity contribution >= 4 is 46.3 Å². The van der Waals surface area contributed by atoms with Crippen LogP contribution in [0.25, 0.3) is 0 Å². The van der Waals surface area contributed by atoms with E-state index in [9.17, 15) is 4.79 Å². The molecule has 0 saturated carbocycles. The molecule has 9 heteroatoms. The first-order chi connectivity index (χ1) is 12.5. The van der Waals surface area contributed by atoms with Gasteiger partial charge in [-0.2, -0.15) is 5.10 Å². The van der Waals surface area contributed by atoms with Gasteiger partial charge in [-0.3, -0.25) is 4.79 Å². The molecule has 0 radical (unpaired) electrons. The Hall–Kier alpha value is -2.22. The Bertz CT molecular complexity index is 939. The highest BCUT2D eigenvalue weighted by molar-refractivity contribution is 7.20. The number of amides is 1. The van der Waals surface area contributed by atoms with E-state index in [4.69, 9.17) is 32.7 Å². The predicted octanol–water partition coefficient (Wildman–Crippen LogP) is 4.57. The lowest BCUT2D eigenvalue weighted by atomic mass is 10.2. The molecule has 0 aliphatic carbocycles. The molecular formula is C17H15Cl2N3O3S. The van der Waals surface area contributed by atoms with E-state index in [1.165, 1.54) is 6.07 Å². The van der Waals surface area contributed by atoms with E-state index in [1.807, 2.05) is 18.2 Å². The number of halogens is 2. The molecule has 0 unspecified atom stereocenters. The predicted molar refractivity (Wildman–Crippen MR) is 103 cm³/mol. The van der Waals surface area contributed by atoms with Crippen LogP contribution in [0.2, 0.25) is 8.67 Å². The summed E-state index contributed by atoms with van der Waals surface area (Å²) in [5.41, 5.74) is 1.19. The van der Waals surface area contributed by atoms with E-state index >= 15 is 0 Å². The minimum absolute atomic E-state index is 0.327. The van der Waals surface area contributed by atoms with E-state index in [1.54, 1.807) is 31.2 Å². The number of nitrogens with one attached hydrogen (secondary N) is 1. The molecule has 0 aliphatic rings. The van der Waals surface area contributed by atoms with Crippen LogP contribution in [0, 0.1) is 0 Å². The van der Waals surface area contributed by atoms with Crippen LogP contribution in [-0.4, -0.2) is 29.9 Å². The summed E-state index contributed by atoms with van der Waals surface area (Å²) in [7, 11) is 3.16. The lowest BCUT2D eigenvalue weighted by Crippen LogP contribution is -2.16. The summed E-state index contributed by atoms with van der Waals surface area (Å²) in [5.74, 6) is 1.42. The monoisotopic (exact) mass is 411 g/mol. The van der Waals surface area contributed by atoms with Crippen molar-refractivity contribution in [1.29, 1.82) is 0 Å². The van der Waals surface area contributed by atoms with Gasteiger partial charge in [0.1, 0.15) is 10.2 Å². The number of para-hydroxylation sites is 1. The van der Waals surface area contributed by atoms with Crippen LogP contribution in [0.15, 0.2) is 36.5 Å². The van der Waals surface area contributed by atoms with Crippen molar-refractivity contribution in [2.24, 2.45) is 0 Å². The third kappa shape index (κ3) is 3.80. The van der Waals surface area contributed by atoms with Crippen LogP contribution >= 0.6 is 34.5 Å². The molecule has 3 rings (SSSR count). The Morgan fingerprint density at radius 2 is 2.08 bits per heavy atom. The Labute approximate surface area is 164 Å². The molecule has 3 aromatic rings. The van der Waals surface area contributed by atoms with Gasteiger partial charge in [-0.05, 0) is 12.1 Å². The maximum atomic E-state index is 12.4. The second-order valence-corrected chi connectivity index (χ2v) is 7.50. The number of thiophene rings is 1. The molecule has 2 aromatic heterocycles. The van der Waals surface area contributed by atoms with Crippen molar-refractivity contribution in [2.45, 2.75) is 6.54 Å². The number of hydrogen-bond acceptors (Lipinski definition) is 5. The van der Waals surface area contributed by atoms with Gasteiger partial charge in [-0.1, -0.05) is 35.3 Å². The Balaban J connectivity index is 1.84. The van der Waals surface area contributed by atoms with E-state index < -0.39 is 0 Å². The first-order valence-electron chi connectivity index (χ1n) is 7.51. The number of nitrogens with zero attached hydrogens (tertiary/aromatic N) is 2. The van der Waals surface area contributed by atoms with Crippen molar-refractivity contribution in [3.05, 3.63) is 56.3 Å². The van der Waals surface area contributed by atoms with Crippen LogP contribution < -0.4 is 14.8 Å². The zero-order valence-corrected chi connectivity index (χ0v) is 16.3. The van der Waals surface area contributed by atoms with Gasteiger partial charge in [-0.15, -0.1) is 11.3 Å². The third-order valence-electron chi connectivity index (χ3n) is 3.66. The topological polar surface area (TPSA) is 65.4 Å². The number of carbonyl (C=O) groups is 1. The summed E-state index contributed by atoms with van der Waals surface area (Å²) in [6, 6.07) is 8.83. The maximum Gasteiger partial charge on any atom is 0.259 e. The first-order valence-corrected chi connectivity index (χ1v) is 9.08. The fourth-order valence-corrected chi connectivity index (χ4v) is 3.94. The van der Waals surface area contributed by atoms with Crippen LogP contribution in [-0.2, 0) is 6.54 Å². The highest BCUT2D eigenvalue weighted by atomic mass is 35.5. The third-order valence-corrected chi connectivity index (χ3v) is 5.15. The van der Waals surface area contributed by atoms with Crippen molar-refractivity contribution in [2.75, 3.05) is 19.5 Å². The smallest absolute Gasteiger partial charge is 0.259 e. The number of rotatable bonds is 6. The number of benzene rings is 1. The molecular weight excluding hydrogens is 397 g/mol. The highest BCUT2D eigenvalue weighted by Crippen LogP contribution is 2.33. The quantitative estimate of drug-likeness (QED) is 0.644. The molecule has 0 spiro atoms. The number of hydrogen-bond donors (Lipinski definition) is 1. The molecule has 6 nitrogen and oxygen atoms in total. The van der Waals surface area contributed by atoms with Gasteiger partial charge >= 0.3 is 0 Å². The molecule has 2 heterocycles. The van der Waals surface area contributed by atoms with E-state index in [-0.39, 0.29) is 5.91 Å². The first kappa shape index (κ1) is 18.6. The van der Waals surface area contributed by atoms with Crippen LogP contribution in [0.4, 0.5) is 5.82 Å². The highest BCUT2D eigenvalue weighted by Gasteiger charge is 2.17. The molecule has 0 saturated heterocycles. The van der Waals surface area contributed by atoms with Crippen molar-refractivity contribution in [1.82, 2.24) is 9.78 Å². The molecule has 1 N–H and O–H groups in total. The molecule has 0 fully saturated rings. The average Bonchev–Trinajstić information content (AvgIpc) is 3.20. The van der Waals surface area contributed by atoms with Gasteiger partial charge in [0.2, 0.25) is 0 Å². The number of anilines is 1. The summed E-state index contributed by atoms with van der Waals surface area (Å²) in [6.07, 6.45) is 1.60. The van der Waals surface area contributed by atoms with Gasteiger partial charge in [-0.25, -0.2) is 4.68 Å². The zero-order valence-electron chi connectivity index (χ0n) is 14.0. The Kier molecular flexibility index (Phi) is 5.70. The van der Waals surface area contributed by atoms with E-state index in [0.717, 1.165) is 16.9 Å². The summed E-state index contributed by atoms with van der Waals surface area (Å²) in [6.45, 7) is 0.390. The van der Waals surface area contributed by atoms with Crippen LogP contribution in [0.3, 0.4) is 0 Å². The largest absolute Gasteiger partial charge is 0.493 e. The lowest BCUT2D eigenvalue weighted by Gasteiger charge is -2.14. The molecule has 1 aromatic carbocycles. The van der Waals surface area contributed by atoms with Crippen LogP contribution in [0.5, 0.6) is 11.5 Å². The molecule has 0 atom stereocenters. The molecule has 26 heavy (non-hydrogen) atoms. The van der Waals surface area contributed by atoms with Crippen molar-refractivity contribution in [3.8, 4) is 11.5 Å². The summed E-state index contributed by atoms with van der Waals surface area (Å²) in [5, 5.41) is 7.07. The van der Waals surface area contributed by atoms with Gasteiger partial charge in [0.15, 0.2) is 11.5 Å². The average molecular weight is 412 g/mol. The summed E-state index contributed by atoms with van der Waals surface area (Å²) >= 11 is 13.1. The minimum atomic E-state index is -0.350. The lowest BCUT2D eigenvalue weighted by molar-refractivity contribution is 0.102. The van der Waals surface area contributed by atoms with Gasteiger partial charge in [0, 0.05) is 11.6 Å². The fraction of sp³-hybridized carbons (Fsp3) is 0.176. The molecule has 1 amide bonds. The van der Waals surface area contributed by atoms with Gasteiger partial charge in [0.25, 0.3) is 5.91 Å². The minimum Gasteiger partial charge on any atom is -0.493 e. The number of carbonyl (C=O) groups excluding carboxylic acids is 1. The standard InChI is InChI=1S/C17H15Cl2N3O3S/c1-24-12-5-3-4-10(15(12)25-2)9-22-14(6-7-20-22)21-17(23)11-8-13(18)26-16(11)19/h3-8H,9H2,1-2H3,(H,21,23). The second kappa shape index (κ2) is 7.99. The van der Waals surface area contributed by atoms with E-state index in [2.05, 4.69) is 10.4 Å². The molecule has 136 valence electrons. The summed E-state index contributed by atoms with van der Waals surface area (Å²) in [4.78, 5) is 12.4. The number of ether oxygens (including phenoxy) is 2. The van der Waals surface area contributed by atoms with Crippen molar-refractivity contribution in [3.63, 3.8) is 0 Å². The Morgan fingerprint density at radius 3 is 2.73 bits per heavy atom. The van der Waals surface area contributed by atoms with Crippen LogP contribution in [0.1, 0.15) is 15.9 Å². The zero-order chi connectivity index (χ0) is 18.7. The van der Waals surface area contributed by atoms with Gasteiger partial charge < -0.3 is 14.8 Å². The maximum absolute atomic E-state index is 12.4. The number of methoxy groups -OCH3 is 2. The SMILES string of the molecule is COc1cccc(Cn2nccc2NC(=O)c2cc(Cl)sc2Cl)c1OC. The second-order valence-electron chi connectivity index (χ2n) is 5.22. The molecule has 0 bridgehead atoms. The molecule has 0 aliphatic heterocycles. The summed E-state index contributed by atoms with van der Waals surface area (Å²) < 4.78 is 13.2. The van der Waals surface area contributed by atoms with Crippen molar-refractivity contribution < 1.29 is 14.3 Å². The van der Waals surface area contributed by atoms with E-state index in [0.29, 0.717) is 38.1 Å². The van der Waals surface area contributed by atoms with Gasteiger partial charge in [0.05, 0.1) is 36.9 Å². The fourth-order valence-electron chi connectivity index (χ4n) is 2.48. The normalized spacial score (nSPS) is 10.6.